The zero-order valence-corrected chi connectivity index (χ0v) is 20.9. The summed E-state index contributed by atoms with van der Waals surface area (Å²) in [5.41, 5.74) is 7.06. The maximum absolute atomic E-state index is 13.7. The lowest BCUT2D eigenvalue weighted by Gasteiger charge is -2.30. The summed E-state index contributed by atoms with van der Waals surface area (Å²) < 4.78 is 1.31. The van der Waals surface area contributed by atoms with E-state index in [0.717, 1.165) is 34.9 Å². The van der Waals surface area contributed by atoms with Gasteiger partial charge in [0.25, 0.3) is 5.56 Å². The van der Waals surface area contributed by atoms with Crippen molar-refractivity contribution in [3.8, 4) is 0 Å². The molecule has 35 heavy (non-hydrogen) atoms. The molecule has 184 valence electrons. The Morgan fingerprint density at radius 1 is 1.11 bits per heavy atom. The summed E-state index contributed by atoms with van der Waals surface area (Å²) >= 11 is 1.79. The fourth-order valence-electron chi connectivity index (χ4n) is 4.26. The van der Waals surface area contributed by atoms with E-state index < -0.39 is 11.2 Å². The lowest BCUT2D eigenvalue weighted by Crippen LogP contribution is -2.47. The number of hydrogen-bond donors (Lipinski definition) is 2. The minimum Gasteiger partial charge on any atom is -0.383 e. The zero-order valence-electron chi connectivity index (χ0n) is 20.1. The number of amides is 1. The van der Waals surface area contributed by atoms with E-state index in [-0.39, 0.29) is 36.4 Å². The van der Waals surface area contributed by atoms with Crippen LogP contribution in [0.4, 0.5) is 17.2 Å². The Morgan fingerprint density at radius 3 is 2.57 bits per heavy atom. The first-order valence-electron chi connectivity index (χ1n) is 11.8. The second-order valence-corrected chi connectivity index (χ2v) is 10.2. The lowest BCUT2D eigenvalue weighted by molar-refractivity contribution is -0.117. The molecular formula is C26H31N5O3S. The van der Waals surface area contributed by atoms with Gasteiger partial charge in [0.1, 0.15) is 5.82 Å². The third-order valence-corrected chi connectivity index (χ3v) is 7.03. The van der Waals surface area contributed by atoms with Gasteiger partial charge >= 0.3 is 5.69 Å². The minimum atomic E-state index is -0.655. The number of hydrogen-bond acceptors (Lipinski definition) is 6. The number of anilines is 3. The fraction of sp³-hybridized carbons (Fsp3) is 0.346. The number of fused-ring (bicyclic) bond motifs is 1. The lowest BCUT2D eigenvalue weighted by atomic mass is 10.2. The summed E-state index contributed by atoms with van der Waals surface area (Å²) in [5, 5.41) is 0. The third kappa shape index (κ3) is 5.62. The van der Waals surface area contributed by atoms with E-state index in [1.165, 1.54) is 9.47 Å². The van der Waals surface area contributed by atoms with Crippen molar-refractivity contribution >= 4 is 34.9 Å². The highest BCUT2D eigenvalue weighted by Gasteiger charge is 2.27. The first-order chi connectivity index (χ1) is 16.8. The van der Waals surface area contributed by atoms with Crippen molar-refractivity contribution in [3.63, 3.8) is 0 Å². The maximum Gasteiger partial charge on any atom is 0.330 e. The smallest absolute Gasteiger partial charge is 0.330 e. The van der Waals surface area contributed by atoms with E-state index >= 15 is 0 Å². The predicted molar refractivity (Wildman–Crippen MR) is 142 cm³/mol. The van der Waals surface area contributed by atoms with Crippen LogP contribution in [0.3, 0.4) is 0 Å². The molecule has 0 unspecified atom stereocenters. The molecule has 2 aromatic carbocycles. The van der Waals surface area contributed by atoms with E-state index in [0.29, 0.717) is 6.54 Å². The van der Waals surface area contributed by atoms with Gasteiger partial charge in [-0.3, -0.25) is 19.1 Å². The van der Waals surface area contributed by atoms with Gasteiger partial charge in [-0.05, 0) is 35.8 Å². The fourth-order valence-corrected chi connectivity index (χ4v) is 5.27. The van der Waals surface area contributed by atoms with Crippen LogP contribution in [0.15, 0.2) is 69.1 Å². The number of nitrogen functional groups attached to an aromatic ring is 1. The quantitative estimate of drug-likeness (QED) is 0.524. The minimum absolute atomic E-state index is 0.0107. The van der Waals surface area contributed by atoms with Crippen LogP contribution in [-0.2, 0) is 11.3 Å². The van der Waals surface area contributed by atoms with E-state index in [2.05, 4.69) is 16.0 Å². The number of rotatable bonds is 7. The SMILES string of the molecule is CC(C)CN(C(=O)CN1CCCSc2ccccc21)c1c(N)n(Cc2ccccc2)c(=O)[nH]c1=O. The van der Waals surface area contributed by atoms with Crippen molar-refractivity contribution in [3.05, 3.63) is 81.0 Å². The number of thioether (sulfide) groups is 1. The molecule has 0 atom stereocenters. The highest BCUT2D eigenvalue weighted by Crippen LogP contribution is 2.33. The highest BCUT2D eigenvalue weighted by atomic mass is 32.2. The molecule has 0 saturated heterocycles. The molecule has 9 heteroatoms. The topological polar surface area (TPSA) is 104 Å². The first-order valence-corrected chi connectivity index (χ1v) is 12.8. The summed E-state index contributed by atoms with van der Waals surface area (Å²) in [5.74, 6) is 0.819. The molecule has 0 bridgehead atoms. The normalized spacial score (nSPS) is 13.4. The van der Waals surface area contributed by atoms with Crippen molar-refractivity contribution in [2.24, 2.45) is 5.92 Å². The van der Waals surface area contributed by atoms with Gasteiger partial charge in [0.15, 0.2) is 5.69 Å². The Hall–Kier alpha value is -3.46. The van der Waals surface area contributed by atoms with Gasteiger partial charge in [0.2, 0.25) is 5.91 Å². The Kier molecular flexibility index (Phi) is 7.65. The number of aromatic nitrogens is 2. The number of carbonyl (C=O) groups is 1. The summed E-state index contributed by atoms with van der Waals surface area (Å²) in [6, 6.07) is 17.4. The van der Waals surface area contributed by atoms with Crippen molar-refractivity contribution < 1.29 is 4.79 Å². The van der Waals surface area contributed by atoms with Gasteiger partial charge in [-0.2, -0.15) is 0 Å². The Bertz CT molecular complexity index is 1300. The molecule has 1 aromatic heterocycles. The number of nitrogens with one attached hydrogen (secondary N) is 1. The summed E-state index contributed by atoms with van der Waals surface area (Å²) in [4.78, 5) is 46.3. The number of nitrogens with two attached hydrogens (primary N) is 1. The molecule has 0 spiro atoms. The second kappa shape index (κ2) is 10.9. The van der Waals surface area contributed by atoms with E-state index in [9.17, 15) is 14.4 Å². The van der Waals surface area contributed by atoms with Gasteiger partial charge in [0.05, 0.1) is 18.8 Å². The molecule has 0 fully saturated rings. The molecule has 3 aromatic rings. The summed E-state index contributed by atoms with van der Waals surface area (Å²) in [7, 11) is 0. The first kappa shape index (κ1) is 24.7. The van der Waals surface area contributed by atoms with Crippen LogP contribution in [0.25, 0.3) is 0 Å². The number of nitrogens with zero attached hydrogens (tertiary/aromatic N) is 3. The van der Waals surface area contributed by atoms with Crippen LogP contribution in [0, 0.1) is 5.92 Å². The average molecular weight is 494 g/mol. The molecule has 2 heterocycles. The van der Waals surface area contributed by atoms with Crippen molar-refractivity contribution in [2.45, 2.75) is 31.7 Å². The van der Waals surface area contributed by atoms with Crippen molar-refractivity contribution in [1.82, 2.24) is 9.55 Å². The molecule has 0 aliphatic carbocycles. The standard InChI is InChI=1S/C26H31N5O3S/c1-18(2)15-30(22(32)17-29-13-8-14-35-21-12-7-6-11-20(21)29)23-24(27)31(26(34)28-25(23)33)16-19-9-4-3-5-10-19/h3-7,9-12,18H,8,13-17,27H2,1-2H3,(H,28,33,34). The molecule has 3 N–H and O–H groups in total. The predicted octanol–water partition coefficient (Wildman–Crippen LogP) is 3.16. The van der Waals surface area contributed by atoms with Gasteiger partial charge in [-0.15, -0.1) is 11.8 Å². The molecule has 1 aliphatic rings. The van der Waals surface area contributed by atoms with Crippen LogP contribution < -0.4 is 26.8 Å². The van der Waals surface area contributed by atoms with Crippen LogP contribution >= 0.6 is 11.8 Å². The highest BCUT2D eigenvalue weighted by molar-refractivity contribution is 7.99. The zero-order chi connectivity index (χ0) is 24.9. The molecule has 8 nitrogen and oxygen atoms in total. The van der Waals surface area contributed by atoms with E-state index in [4.69, 9.17) is 5.73 Å². The Balaban J connectivity index is 1.71. The number of H-pyrrole nitrogens is 1. The molecular weight excluding hydrogens is 462 g/mol. The molecule has 1 amide bonds. The third-order valence-electron chi connectivity index (χ3n) is 5.88. The summed E-state index contributed by atoms with van der Waals surface area (Å²) in [6.07, 6.45) is 0.946. The molecule has 1 aliphatic heterocycles. The summed E-state index contributed by atoms with van der Waals surface area (Å²) in [6.45, 7) is 5.30. The largest absolute Gasteiger partial charge is 0.383 e. The van der Waals surface area contributed by atoms with Gasteiger partial charge in [-0.1, -0.05) is 56.3 Å². The van der Waals surface area contributed by atoms with Crippen LogP contribution in [0.1, 0.15) is 25.8 Å². The van der Waals surface area contributed by atoms with Gasteiger partial charge in [-0.25, -0.2) is 4.79 Å². The number of aromatic amines is 1. The monoisotopic (exact) mass is 493 g/mol. The number of carbonyl (C=O) groups excluding carboxylic acids is 1. The van der Waals surface area contributed by atoms with E-state index in [1.54, 1.807) is 11.8 Å². The second-order valence-electron chi connectivity index (χ2n) is 9.05. The van der Waals surface area contributed by atoms with Gasteiger partial charge < -0.3 is 15.5 Å². The van der Waals surface area contributed by atoms with Crippen LogP contribution in [0.5, 0.6) is 0 Å². The molecule has 0 radical (unpaired) electrons. The van der Waals surface area contributed by atoms with E-state index in [1.807, 2.05) is 62.4 Å². The maximum atomic E-state index is 13.7. The molecule has 4 rings (SSSR count). The Morgan fingerprint density at radius 2 is 1.83 bits per heavy atom. The van der Waals surface area contributed by atoms with Crippen LogP contribution in [0.2, 0.25) is 0 Å². The van der Waals surface area contributed by atoms with Crippen molar-refractivity contribution in [1.29, 1.82) is 0 Å². The molecule has 0 saturated carbocycles. The average Bonchev–Trinajstić information content (AvgIpc) is 3.03. The number of benzene rings is 2. The van der Waals surface area contributed by atoms with Gasteiger partial charge in [0, 0.05) is 18.0 Å². The number of para-hydroxylation sites is 1. The van der Waals surface area contributed by atoms with Crippen LogP contribution in [-0.4, -0.2) is 40.8 Å². The van der Waals surface area contributed by atoms with Crippen molar-refractivity contribution in [2.75, 3.05) is 40.9 Å². The Labute approximate surface area is 208 Å².